The molecule has 0 bridgehead atoms. The monoisotopic (exact) mass is 291 g/mol. The largest absolute Gasteiger partial charge is 0.289 e. The molecule has 4 heteroatoms. The van der Waals surface area contributed by atoms with Gasteiger partial charge >= 0.3 is 0 Å². The molecule has 3 aromatic rings. The zero-order chi connectivity index (χ0) is 14.5. The van der Waals surface area contributed by atoms with Gasteiger partial charge in [0.15, 0.2) is 4.77 Å². The molecule has 0 aliphatic rings. The predicted molar refractivity (Wildman–Crippen MR) is 85.4 cm³/mol. The van der Waals surface area contributed by atoms with Gasteiger partial charge in [0.1, 0.15) is 0 Å². The summed E-state index contributed by atoms with van der Waals surface area (Å²) in [6.07, 6.45) is 0. The fourth-order valence-corrected chi connectivity index (χ4v) is 2.17. The Morgan fingerprint density at radius 1 is 0.952 bits per heavy atom. The lowest BCUT2D eigenvalue weighted by molar-refractivity contribution is 0.771. The molecule has 3 rings (SSSR count). The fourth-order valence-electron chi connectivity index (χ4n) is 1.98. The lowest BCUT2D eigenvalue weighted by atomic mass is 10.2. The first-order chi connectivity index (χ1) is 10.3. The normalized spacial score (nSPS) is 9.90. The van der Waals surface area contributed by atoms with Crippen LogP contribution in [0.5, 0.6) is 0 Å². The van der Waals surface area contributed by atoms with Gasteiger partial charge < -0.3 is 0 Å². The summed E-state index contributed by atoms with van der Waals surface area (Å²) in [5.41, 5.74) is 2.12. The molecule has 0 atom stereocenters. The number of hydrogen-bond donors (Lipinski definition) is 1. The van der Waals surface area contributed by atoms with Crippen LogP contribution in [0.25, 0.3) is 0 Å². The van der Waals surface area contributed by atoms with Crippen molar-refractivity contribution in [2.45, 2.75) is 6.54 Å². The van der Waals surface area contributed by atoms with E-state index in [4.69, 9.17) is 12.2 Å². The van der Waals surface area contributed by atoms with Crippen LogP contribution in [-0.2, 0) is 6.54 Å². The smallest absolute Gasteiger partial charge is 0.207 e. The van der Waals surface area contributed by atoms with Gasteiger partial charge in [0.2, 0.25) is 5.82 Å². The molecule has 0 fully saturated rings. The van der Waals surface area contributed by atoms with Crippen LogP contribution in [0, 0.1) is 16.6 Å². The van der Waals surface area contributed by atoms with E-state index in [-0.39, 0.29) is 0 Å². The van der Waals surface area contributed by atoms with Crippen LogP contribution in [-0.4, -0.2) is 14.8 Å². The van der Waals surface area contributed by atoms with Gasteiger partial charge in [-0.25, -0.2) is 0 Å². The van der Waals surface area contributed by atoms with E-state index in [0.29, 0.717) is 17.1 Å². The fraction of sp³-hybridized carbons (Fsp3) is 0.0588. The van der Waals surface area contributed by atoms with E-state index in [0.717, 1.165) is 11.1 Å². The minimum Gasteiger partial charge on any atom is -0.289 e. The highest BCUT2D eigenvalue weighted by Crippen LogP contribution is 2.05. The van der Waals surface area contributed by atoms with E-state index in [1.54, 1.807) is 0 Å². The number of aromatic amines is 1. The van der Waals surface area contributed by atoms with E-state index in [2.05, 4.69) is 34.2 Å². The van der Waals surface area contributed by atoms with Crippen LogP contribution in [0.1, 0.15) is 17.0 Å². The highest BCUT2D eigenvalue weighted by Gasteiger charge is 2.03. The third kappa shape index (κ3) is 3.28. The van der Waals surface area contributed by atoms with Gasteiger partial charge in [-0.15, -0.1) is 5.10 Å². The summed E-state index contributed by atoms with van der Waals surface area (Å²) in [4.78, 5) is 0. The second-order valence-corrected chi connectivity index (χ2v) is 4.93. The Labute approximate surface area is 128 Å². The van der Waals surface area contributed by atoms with E-state index in [1.165, 1.54) is 0 Å². The second kappa shape index (κ2) is 6.21. The Morgan fingerprint density at radius 3 is 2.33 bits per heavy atom. The summed E-state index contributed by atoms with van der Waals surface area (Å²) in [6.45, 7) is 0.662. The van der Waals surface area contributed by atoms with Crippen molar-refractivity contribution in [2.75, 3.05) is 0 Å². The van der Waals surface area contributed by atoms with Crippen molar-refractivity contribution in [3.05, 3.63) is 82.4 Å². The zero-order valence-corrected chi connectivity index (χ0v) is 12.1. The molecule has 0 spiro atoms. The van der Waals surface area contributed by atoms with E-state index < -0.39 is 0 Å². The zero-order valence-electron chi connectivity index (χ0n) is 11.3. The molecule has 102 valence electrons. The van der Waals surface area contributed by atoms with Crippen molar-refractivity contribution in [3.63, 3.8) is 0 Å². The molecule has 0 saturated carbocycles. The lowest BCUT2D eigenvalue weighted by Crippen LogP contribution is -2.02. The Morgan fingerprint density at radius 2 is 1.62 bits per heavy atom. The van der Waals surface area contributed by atoms with E-state index in [9.17, 15) is 0 Å². The minimum atomic E-state index is 0.580. The van der Waals surface area contributed by atoms with Crippen molar-refractivity contribution in [1.82, 2.24) is 14.8 Å². The topological polar surface area (TPSA) is 33.6 Å². The number of benzene rings is 2. The Hall–Kier alpha value is -2.64. The number of hydrogen-bond acceptors (Lipinski definition) is 2. The van der Waals surface area contributed by atoms with Crippen LogP contribution in [0.2, 0.25) is 0 Å². The summed E-state index contributed by atoms with van der Waals surface area (Å²) < 4.78 is 2.48. The maximum Gasteiger partial charge on any atom is 0.207 e. The van der Waals surface area contributed by atoms with Crippen molar-refractivity contribution < 1.29 is 0 Å². The Balaban J connectivity index is 1.91. The van der Waals surface area contributed by atoms with Gasteiger partial charge in [-0.05, 0) is 35.8 Å². The van der Waals surface area contributed by atoms with Gasteiger partial charge in [0.25, 0.3) is 0 Å². The SMILES string of the molecule is S=c1[nH]nc(C#Cc2ccccc2)n1Cc1ccccc1. The minimum absolute atomic E-state index is 0.580. The molecular formula is C17H13N3S. The van der Waals surface area contributed by atoms with Crippen LogP contribution in [0.3, 0.4) is 0 Å². The highest BCUT2D eigenvalue weighted by atomic mass is 32.1. The number of nitrogens with zero attached hydrogens (tertiary/aromatic N) is 2. The molecule has 21 heavy (non-hydrogen) atoms. The van der Waals surface area contributed by atoms with Crippen molar-refractivity contribution in [1.29, 1.82) is 0 Å². The third-order valence-corrected chi connectivity index (χ3v) is 3.35. The molecule has 0 amide bonds. The summed E-state index contributed by atoms with van der Waals surface area (Å²) in [6, 6.07) is 20.0. The molecule has 3 nitrogen and oxygen atoms in total. The van der Waals surface area contributed by atoms with Crippen LogP contribution in [0.15, 0.2) is 60.7 Å². The number of rotatable bonds is 2. The summed E-state index contributed by atoms with van der Waals surface area (Å²) in [7, 11) is 0. The summed E-state index contributed by atoms with van der Waals surface area (Å²) >= 11 is 5.28. The van der Waals surface area contributed by atoms with Gasteiger partial charge in [-0.3, -0.25) is 9.67 Å². The number of aromatic nitrogens is 3. The van der Waals surface area contributed by atoms with Crippen LogP contribution >= 0.6 is 12.2 Å². The highest BCUT2D eigenvalue weighted by molar-refractivity contribution is 7.71. The summed E-state index contributed by atoms with van der Waals surface area (Å²) in [5, 5.41) is 7.01. The van der Waals surface area contributed by atoms with E-state index >= 15 is 0 Å². The molecule has 0 unspecified atom stereocenters. The van der Waals surface area contributed by atoms with Gasteiger partial charge in [0, 0.05) is 5.56 Å². The average molecular weight is 291 g/mol. The number of nitrogens with one attached hydrogen (secondary N) is 1. The van der Waals surface area contributed by atoms with Crippen molar-refractivity contribution >= 4 is 12.2 Å². The first kappa shape index (κ1) is 13.3. The van der Waals surface area contributed by atoms with Gasteiger partial charge in [-0.1, -0.05) is 54.5 Å². The van der Waals surface area contributed by atoms with Gasteiger partial charge in [0.05, 0.1) is 6.54 Å². The molecule has 0 radical (unpaired) electrons. The number of H-pyrrole nitrogens is 1. The molecule has 0 saturated heterocycles. The molecular weight excluding hydrogens is 278 g/mol. The molecule has 1 aromatic heterocycles. The molecule has 2 aromatic carbocycles. The quantitative estimate of drug-likeness (QED) is 0.580. The second-order valence-electron chi connectivity index (χ2n) is 4.54. The van der Waals surface area contributed by atoms with Crippen molar-refractivity contribution in [2.24, 2.45) is 0 Å². The van der Waals surface area contributed by atoms with Gasteiger partial charge in [-0.2, -0.15) is 0 Å². The maximum absolute atomic E-state index is 5.28. The molecule has 1 heterocycles. The molecule has 0 aliphatic heterocycles. The third-order valence-electron chi connectivity index (χ3n) is 3.03. The summed E-state index contributed by atoms with van der Waals surface area (Å²) in [5.74, 6) is 6.82. The van der Waals surface area contributed by atoms with E-state index in [1.807, 2.05) is 53.1 Å². The first-order valence-electron chi connectivity index (χ1n) is 6.59. The van der Waals surface area contributed by atoms with Crippen LogP contribution < -0.4 is 0 Å². The maximum atomic E-state index is 5.28. The predicted octanol–water partition coefficient (Wildman–Crippen LogP) is 3.39. The molecule has 1 N–H and O–H groups in total. The standard InChI is InChI=1S/C17H13N3S/c21-17-19-18-16(12-11-14-7-3-1-4-8-14)20(17)13-15-9-5-2-6-10-15/h1-10H,13H2,(H,19,21). The first-order valence-corrected chi connectivity index (χ1v) is 7.00. The van der Waals surface area contributed by atoms with Crippen LogP contribution in [0.4, 0.5) is 0 Å². The average Bonchev–Trinajstić information content (AvgIpc) is 2.88. The Bertz CT molecular complexity index is 836. The van der Waals surface area contributed by atoms with Crippen molar-refractivity contribution in [3.8, 4) is 11.8 Å². The molecule has 0 aliphatic carbocycles. The lowest BCUT2D eigenvalue weighted by Gasteiger charge is -2.02. The Kier molecular flexibility index (Phi) is 3.95.